The molecule has 0 heterocycles. The molecule has 88 valence electrons. The van der Waals surface area contributed by atoms with Crippen molar-refractivity contribution in [3.63, 3.8) is 0 Å². The summed E-state index contributed by atoms with van der Waals surface area (Å²) in [5, 5.41) is 17.7. The summed E-state index contributed by atoms with van der Waals surface area (Å²) < 4.78 is 0. The van der Waals surface area contributed by atoms with Crippen molar-refractivity contribution in [2.75, 3.05) is 12.0 Å². The summed E-state index contributed by atoms with van der Waals surface area (Å²) >= 11 is 0. The molecule has 0 aliphatic rings. The van der Waals surface area contributed by atoms with Crippen LogP contribution in [0.1, 0.15) is 12.0 Å². The molecule has 4 heteroatoms. The Morgan fingerprint density at radius 2 is 2.00 bits per heavy atom. The number of rotatable bonds is 6. The molecule has 0 amide bonds. The van der Waals surface area contributed by atoms with Gasteiger partial charge in [0.25, 0.3) is 0 Å². The minimum absolute atomic E-state index is 0.119. The Bertz CT molecular complexity index is 326. The minimum Gasteiger partial charge on any atom is -0.479 e. The summed E-state index contributed by atoms with van der Waals surface area (Å²) in [6.45, 7) is 0. The van der Waals surface area contributed by atoms with Crippen molar-refractivity contribution in [3.05, 3.63) is 35.9 Å². The molecule has 0 aliphatic carbocycles. The number of carboxylic acid groups (broad SMARTS) is 1. The van der Waals surface area contributed by atoms with Gasteiger partial charge in [-0.3, -0.25) is 0 Å². The third-order valence-electron chi connectivity index (χ3n) is 2.28. The molecule has 16 heavy (non-hydrogen) atoms. The van der Waals surface area contributed by atoms with E-state index in [0.717, 1.165) is 11.5 Å². The van der Waals surface area contributed by atoms with Crippen molar-refractivity contribution in [2.45, 2.75) is 18.3 Å². The Kier molecular flexibility index (Phi) is 5.35. The van der Waals surface area contributed by atoms with Gasteiger partial charge in [0.05, 0.1) is 6.26 Å². The predicted octanol–water partition coefficient (Wildman–Crippen LogP) is 1.27. The van der Waals surface area contributed by atoms with Crippen LogP contribution in [0, 0.1) is 0 Å². The Morgan fingerprint density at radius 1 is 1.38 bits per heavy atom. The van der Waals surface area contributed by atoms with E-state index in [9.17, 15) is 4.79 Å². The standard InChI is InChI=1S/C12H16O3S/c1-16(8-7-11(13)12(14)15)9-10-5-3-2-4-6-10/h2-6,11,13H,7-9H2,1H3/p+1. The van der Waals surface area contributed by atoms with Crippen LogP contribution in [0.15, 0.2) is 30.3 Å². The lowest BCUT2D eigenvalue weighted by Gasteiger charge is -2.06. The van der Waals surface area contributed by atoms with Crippen molar-refractivity contribution < 1.29 is 15.0 Å². The molecular formula is C12H17O3S+. The maximum absolute atomic E-state index is 10.4. The molecule has 1 aromatic carbocycles. The summed E-state index contributed by atoms with van der Waals surface area (Å²) in [5.41, 5.74) is 1.26. The maximum Gasteiger partial charge on any atom is 0.332 e. The number of aliphatic carboxylic acids is 1. The number of hydrogen-bond donors (Lipinski definition) is 2. The molecule has 0 fully saturated rings. The number of carbonyl (C=O) groups is 1. The Balaban J connectivity index is 2.31. The van der Waals surface area contributed by atoms with Crippen LogP contribution in [-0.4, -0.2) is 34.3 Å². The SMILES string of the molecule is C[S+](CCC(O)C(=O)O)Cc1ccccc1. The second kappa shape index (κ2) is 6.55. The highest BCUT2D eigenvalue weighted by Crippen LogP contribution is 2.08. The topological polar surface area (TPSA) is 57.5 Å². The maximum atomic E-state index is 10.4. The van der Waals surface area contributed by atoms with Crippen LogP contribution < -0.4 is 0 Å². The summed E-state index contributed by atoms with van der Waals surface area (Å²) in [6.07, 6.45) is 1.22. The summed E-state index contributed by atoms with van der Waals surface area (Å²) in [7, 11) is 0.119. The van der Waals surface area contributed by atoms with Crippen LogP contribution in [0.2, 0.25) is 0 Å². The van der Waals surface area contributed by atoms with Gasteiger partial charge in [-0.1, -0.05) is 30.3 Å². The van der Waals surface area contributed by atoms with Crippen molar-refractivity contribution in [1.29, 1.82) is 0 Å². The van der Waals surface area contributed by atoms with E-state index >= 15 is 0 Å². The normalized spacial score (nSPS) is 14.4. The first-order valence-electron chi connectivity index (χ1n) is 5.13. The molecule has 1 rings (SSSR count). The quantitative estimate of drug-likeness (QED) is 0.737. The first-order chi connectivity index (χ1) is 7.59. The average Bonchev–Trinajstić information content (AvgIpc) is 2.27. The zero-order chi connectivity index (χ0) is 12.0. The Labute approximate surface area is 98.5 Å². The summed E-state index contributed by atoms with van der Waals surface area (Å²) in [6, 6.07) is 10.1. The summed E-state index contributed by atoms with van der Waals surface area (Å²) in [5.74, 6) is 0.576. The fourth-order valence-electron chi connectivity index (χ4n) is 1.37. The van der Waals surface area contributed by atoms with Crippen LogP contribution in [-0.2, 0) is 21.4 Å². The molecular weight excluding hydrogens is 224 g/mol. The summed E-state index contributed by atoms with van der Waals surface area (Å²) in [4.78, 5) is 10.4. The number of benzene rings is 1. The van der Waals surface area contributed by atoms with E-state index < -0.39 is 12.1 Å². The van der Waals surface area contributed by atoms with Gasteiger partial charge in [0.2, 0.25) is 0 Å². The molecule has 2 N–H and O–H groups in total. The largest absolute Gasteiger partial charge is 0.479 e. The molecule has 0 aliphatic heterocycles. The van der Waals surface area contributed by atoms with Crippen LogP contribution in [0.4, 0.5) is 0 Å². The molecule has 0 bridgehead atoms. The van der Waals surface area contributed by atoms with Crippen molar-refractivity contribution in [2.24, 2.45) is 0 Å². The van der Waals surface area contributed by atoms with Crippen LogP contribution >= 0.6 is 0 Å². The van der Waals surface area contributed by atoms with Crippen LogP contribution in [0.5, 0.6) is 0 Å². The van der Waals surface area contributed by atoms with E-state index in [1.54, 1.807) is 0 Å². The highest BCUT2D eigenvalue weighted by molar-refractivity contribution is 7.95. The Morgan fingerprint density at radius 3 is 2.56 bits per heavy atom. The number of aliphatic hydroxyl groups excluding tert-OH is 1. The molecule has 2 atom stereocenters. The third kappa shape index (κ3) is 4.68. The highest BCUT2D eigenvalue weighted by Gasteiger charge is 2.19. The molecule has 3 nitrogen and oxygen atoms in total. The lowest BCUT2D eigenvalue weighted by atomic mass is 10.2. The van der Waals surface area contributed by atoms with E-state index in [1.165, 1.54) is 5.56 Å². The molecule has 0 saturated carbocycles. The van der Waals surface area contributed by atoms with E-state index in [4.69, 9.17) is 10.2 Å². The fraction of sp³-hybridized carbons (Fsp3) is 0.417. The zero-order valence-electron chi connectivity index (χ0n) is 9.30. The molecule has 0 aromatic heterocycles. The lowest BCUT2D eigenvalue weighted by Crippen LogP contribution is -2.23. The van der Waals surface area contributed by atoms with Gasteiger partial charge in [0.1, 0.15) is 11.5 Å². The van der Waals surface area contributed by atoms with E-state index in [0.29, 0.717) is 6.42 Å². The average molecular weight is 241 g/mol. The van der Waals surface area contributed by atoms with Crippen LogP contribution in [0.3, 0.4) is 0 Å². The van der Waals surface area contributed by atoms with Crippen molar-refractivity contribution >= 4 is 16.9 Å². The van der Waals surface area contributed by atoms with Crippen molar-refractivity contribution in [3.8, 4) is 0 Å². The minimum atomic E-state index is -1.22. The van der Waals surface area contributed by atoms with Gasteiger partial charge in [-0.2, -0.15) is 0 Å². The van der Waals surface area contributed by atoms with E-state index in [-0.39, 0.29) is 10.9 Å². The van der Waals surface area contributed by atoms with Crippen molar-refractivity contribution in [1.82, 2.24) is 0 Å². The zero-order valence-corrected chi connectivity index (χ0v) is 10.1. The second-order valence-corrected chi connectivity index (χ2v) is 6.02. The van der Waals surface area contributed by atoms with E-state index in [1.807, 2.05) is 18.2 Å². The molecule has 0 saturated heterocycles. The Hall–Kier alpha value is -1.00. The highest BCUT2D eigenvalue weighted by atomic mass is 32.2. The number of hydrogen-bond acceptors (Lipinski definition) is 2. The van der Waals surface area contributed by atoms with Gasteiger partial charge in [0.15, 0.2) is 6.10 Å². The van der Waals surface area contributed by atoms with E-state index in [2.05, 4.69) is 18.4 Å². The second-order valence-electron chi connectivity index (χ2n) is 3.76. The van der Waals surface area contributed by atoms with Gasteiger partial charge in [-0.15, -0.1) is 0 Å². The first kappa shape index (κ1) is 13.1. The lowest BCUT2D eigenvalue weighted by molar-refractivity contribution is -0.146. The smallest absolute Gasteiger partial charge is 0.332 e. The van der Waals surface area contributed by atoms with Gasteiger partial charge < -0.3 is 10.2 Å². The first-order valence-corrected chi connectivity index (χ1v) is 7.10. The number of carboxylic acids is 1. The molecule has 0 spiro atoms. The van der Waals surface area contributed by atoms with Gasteiger partial charge >= 0.3 is 5.97 Å². The predicted molar refractivity (Wildman–Crippen MR) is 66.6 cm³/mol. The van der Waals surface area contributed by atoms with Gasteiger partial charge in [-0.05, 0) is 10.9 Å². The fourth-order valence-corrected chi connectivity index (χ4v) is 2.90. The third-order valence-corrected chi connectivity index (χ3v) is 4.04. The molecule has 1 aromatic rings. The number of aliphatic hydroxyl groups is 1. The monoisotopic (exact) mass is 241 g/mol. The molecule has 0 radical (unpaired) electrons. The van der Waals surface area contributed by atoms with Crippen LogP contribution in [0.25, 0.3) is 0 Å². The van der Waals surface area contributed by atoms with Gasteiger partial charge in [0, 0.05) is 12.0 Å². The molecule has 2 unspecified atom stereocenters. The van der Waals surface area contributed by atoms with Gasteiger partial charge in [-0.25, -0.2) is 4.79 Å².